The van der Waals surface area contributed by atoms with Gasteiger partial charge in [-0.1, -0.05) is 32.4 Å². The monoisotopic (exact) mass is 197 g/mol. The molecule has 0 fully saturated rings. The highest BCUT2D eigenvalue weighted by Gasteiger charge is 2.10. The van der Waals surface area contributed by atoms with Gasteiger partial charge in [0, 0.05) is 6.04 Å². The number of unbranched alkanes of at least 4 members (excludes halogenated alkanes) is 1. The van der Waals surface area contributed by atoms with E-state index in [9.17, 15) is 0 Å². The molecule has 0 spiro atoms. The summed E-state index contributed by atoms with van der Waals surface area (Å²) in [6.07, 6.45) is 9.53. The fourth-order valence-electron chi connectivity index (χ4n) is 1.68. The predicted molar refractivity (Wildman–Crippen MR) is 65.7 cm³/mol. The molecular formula is C13H27N. The fourth-order valence-corrected chi connectivity index (χ4v) is 1.68. The van der Waals surface area contributed by atoms with E-state index in [0.717, 1.165) is 0 Å². The summed E-state index contributed by atoms with van der Waals surface area (Å²) >= 11 is 0. The van der Waals surface area contributed by atoms with Gasteiger partial charge in [-0.05, 0) is 46.2 Å². The van der Waals surface area contributed by atoms with E-state index in [2.05, 4.69) is 44.7 Å². The van der Waals surface area contributed by atoms with E-state index >= 15 is 0 Å². The predicted octanol–water partition coefficient (Wildman–Crippen LogP) is 3.85. The Hall–Kier alpha value is -0.300. The van der Waals surface area contributed by atoms with Crippen molar-refractivity contribution in [2.75, 3.05) is 13.1 Å². The van der Waals surface area contributed by atoms with Crippen LogP contribution in [0.3, 0.4) is 0 Å². The van der Waals surface area contributed by atoms with E-state index in [-0.39, 0.29) is 0 Å². The third-order valence-corrected chi connectivity index (χ3v) is 2.65. The summed E-state index contributed by atoms with van der Waals surface area (Å²) in [6, 6.07) is 0.706. The minimum absolute atomic E-state index is 0.706. The Kier molecular flexibility index (Phi) is 9.06. The minimum atomic E-state index is 0.706. The van der Waals surface area contributed by atoms with Gasteiger partial charge >= 0.3 is 0 Å². The second kappa shape index (κ2) is 9.26. The van der Waals surface area contributed by atoms with Crippen molar-refractivity contribution in [3.05, 3.63) is 12.2 Å². The molecule has 0 aromatic heterocycles. The van der Waals surface area contributed by atoms with Gasteiger partial charge in [0.2, 0.25) is 0 Å². The smallest absolute Gasteiger partial charge is 0.0101 e. The van der Waals surface area contributed by atoms with Gasteiger partial charge in [0.1, 0.15) is 0 Å². The highest BCUT2D eigenvalue weighted by molar-refractivity contribution is 4.82. The second-order valence-electron chi connectivity index (χ2n) is 4.04. The Balaban J connectivity index is 3.89. The summed E-state index contributed by atoms with van der Waals surface area (Å²) in [5, 5.41) is 0. The van der Waals surface area contributed by atoms with Crippen LogP contribution in [0.15, 0.2) is 12.2 Å². The lowest BCUT2D eigenvalue weighted by molar-refractivity contribution is 0.207. The van der Waals surface area contributed by atoms with Crippen molar-refractivity contribution in [2.45, 2.75) is 59.4 Å². The molecule has 0 aromatic carbocycles. The van der Waals surface area contributed by atoms with Crippen molar-refractivity contribution in [1.29, 1.82) is 0 Å². The number of rotatable bonds is 8. The number of allylic oxidation sites excluding steroid dienone is 1. The van der Waals surface area contributed by atoms with Crippen molar-refractivity contribution in [1.82, 2.24) is 4.90 Å². The maximum Gasteiger partial charge on any atom is 0.0101 e. The van der Waals surface area contributed by atoms with E-state index in [1.54, 1.807) is 0 Å². The van der Waals surface area contributed by atoms with Crippen LogP contribution >= 0.6 is 0 Å². The molecule has 14 heavy (non-hydrogen) atoms. The summed E-state index contributed by atoms with van der Waals surface area (Å²) in [5.74, 6) is 0. The van der Waals surface area contributed by atoms with Crippen LogP contribution in [0, 0.1) is 0 Å². The quantitative estimate of drug-likeness (QED) is 0.534. The van der Waals surface area contributed by atoms with Crippen LogP contribution in [-0.2, 0) is 0 Å². The topological polar surface area (TPSA) is 3.24 Å². The third kappa shape index (κ3) is 6.20. The van der Waals surface area contributed by atoms with Crippen molar-refractivity contribution in [2.24, 2.45) is 0 Å². The second-order valence-corrected chi connectivity index (χ2v) is 4.04. The summed E-state index contributed by atoms with van der Waals surface area (Å²) in [4.78, 5) is 2.61. The highest BCUT2D eigenvalue weighted by Crippen LogP contribution is 2.07. The van der Waals surface area contributed by atoms with Gasteiger partial charge in [-0.15, -0.1) is 0 Å². The molecule has 1 heteroatoms. The molecular weight excluding hydrogens is 170 g/mol. The molecule has 84 valence electrons. The van der Waals surface area contributed by atoms with Gasteiger partial charge in [-0.2, -0.15) is 0 Å². The van der Waals surface area contributed by atoms with Gasteiger partial charge < -0.3 is 4.90 Å². The molecule has 0 heterocycles. The molecule has 0 amide bonds. The molecule has 0 rings (SSSR count). The van der Waals surface area contributed by atoms with Crippen molar-refractivity contribution in [3.8, 4) is 0 Å². The van der Waals surface area contributed by atoms with Gasteiger partial charge in [0.05, 0.1) is 0 Å². The van der Waals surface area contributed by atoms with E-state index in [1.165, 1.54) is 38.8 Å². The van der Waals surface area contributed by atoms with Crippen LogP contribution in [0.4, 0.5) is 0 Å². The Bertz CT molecular complexity index is 140. The van der Waals surface area contributed by atoms with E-state index in [0.29, 0.717) is 6.04 Å². The molecule has 0 aliphatic rings. The summed E-state index contributed by atoms with van der Waals surface area (Å²) in [5.41, 5.74) is 0. The van der Waals surface area contributed by atoms with Gasteiger partial charge in [-0.3, -0.25) is 0 Å². The number of hydrogen-bond acceptors (Lipinski definition) is 1. The lowest BCUT2D eigenvalue weighted by Crippen LogP contribution is -2.34. The van der Waals surface area contributed by atoms with E-state index < -0.39 is 0 Å². The van der Waals surface area contributed by atoms with Crippen molar-refractivity contribution >= 4 is 0 Å². The van der Waals surface area contributed by atoms with Crippen LogP contribution in [0.1, 0.15) is 53.4 Å². The molecule has 1 atom stereocenters. The first-order valence-electron chi connectivity index (χ1n) is 6.11. The largest absolute Gasteiger partial charge is 0.300 e. The molecule has 0 aliphatic heterocycles. The van der Waals surface area contributed by atoms with Gasteiger partial charge in [0.25, 0.3) is 0 Å². The first-order valence-corrected chi connectivity index (χ1v) is 6.11. The van der Waals surface area contributed by atoms with Crippen LogP contribution in [0.5, 0.6) is 0 Å². The van der Waals surface area contributed by atoms with Crippen LogP contribution in [0.25, 0.3) is 0 Å². The molecule has 0 saturated carbocycles. The molecule has 0 radical (unpaired) electrons. The SMILES string of the molecule is C/C=C\CC(C)N(CCC)CCCC. The fraction of sp³-hybridized carbons (Fsp3) is 0.846. The van der Waals surface area contributed by atoms with Crippen LogP contribution in [0.2, 0.25) is 0 Å². The third-order valence-electron chi connectivity index (χ3n) is 2.65. The summed E-state index contributed by atoms with van der Waals surface area (Å²) in [6.45, 7) is 11.5. The molecule has 1 unspecified atom stereocenters. The van der Waals surface area contributed by atoms with Crippen molar-refractivity contribution < 1.29 is 0 Å². The van der Waals surface area contributed by atoms with E-state index in [1.807, 2.05) is 0 Å². The van der Waals surface area contributed by atoms with Gasteiger partial charge in [0.15, 0.2) is 0 Å². The zero-order valence-electron chi connectivity index (χ0n) is 10.4. The molecule has 0 N–H and O–H groups in total. The highest BCUT2D eigenvalue weighted by atomic mass is 15.1. The van der Waals surface area contributed by atoms with Crippen molar-refractivity contribution in [3.63, 3.8) is 0 Å². The summed E-state index contributed by atoms with van der Waals surface area (Å²) < 4.78 is 0. The molecule has 0 bridgehead atoms. The standard InChI is InChI=1S/C13H27N/c1-5-8-10-13(4)14(11-7-3)12-9-6-2/h5,8,13H,6-7,9-12H2,1-4H3/b8-5-. The Morgan fingerprint density at radius 3 is 2.36 bits per heavy atom. The zero-order valence-corrected chi connectivity index (χ0v) is 10.4. The molecule has 0 aromatic rings. The maximum absolute atomic E-state index is 2.61. The van der Waals surface area contributed by atoms with Crippen LogP contribution < -0.4 is 0 Å². The first kappa shape index (κ1) is 13.7. The number of nitrogens with zero attached hydrogens (tertiary/aromatic N) is 1. The van der Waals surface area contributed by atoms with Crippen LogP contribution in [-0.4, -0.2) is 24.0 Å². The minimum Gasteiger partial charge on any atom is -0.300 e. The number of hydrogen-bond donors (Lipinski definition) is 0. The maximum atomic E-state index is 2.61. The Morgan fingerprint density at radius 1 is 1.14 bits per heavy atom. The summed E-state index contributed by atoms with van der Waals surface area (Å²) in [7, 11) is 0. The van der Waals surface area contributed by atoms with E-state index in [4.69, 9.17) is 0 Å². The Morgan fingerprint density at radius 2 is 1.86 bits per heavy atom. The first-order chi connectivity index (χ1) is 6.76. The molecule has 0 saturated heterocycles. The Labute approximate surface area is 90.2 Å². The average Bonchev–Trinajstić information content (AvgIpc) is 2.20. The molecule has 1 nitrogen and oxygen atoms in total. The average molecular weight is 197 g/mol. The zero-order chi connectivity index (χ0) is 10.8. The molecule has 0 aliphatic carbocycles. The van der Waals surface area contributed by atoms with Gasteiger partial charge in [-0.25, -0.2) is 0 Å². The lowest BCUT2D eigenvalue weighted by atomic mass is 10.1. The lowest BCUT2D eigenvalue weighted by Gasteiger charge is -2.27. The normalized spacial score (nSPS) is 14.1.